The Labute approximate surface area is 139 Å². The molecule has 0 radical (unpaired) electrons. The molecule has 0 spiro atoms. The zero-order valence-electron chi connectivity index (χ0n) is 12.3. The molecule has 5 atom stereocenters. The average molecular weight is 379 g/mol. The van der Waals surface area contributed by atoms with Gasteiger partial charge in [0.2, 0.25) is 0 Å². The van der Waals surface area contributed by atoms with Crippen LogP contribution < -0.4 is 11.2 Å². The van der Waals surface area contributed by atoms with Crippen molar-refractivity contribution in [3.63, 3.8) is 0 Å². The lowest BCUT2D eigenvalue weighted by Gasteiger charge is -2.27. The summed E-state index contributed by atoms with van der Waals surface area (Å²) in [6, 6.07) is 1.14. The number of nitrogens with one attached hydrogen (secondary N) is 1. The molecule has 0 amide bonds. The van der Waals surface area contributed by atoms with E-state index in [1.165, 1.54) is 0 Å². The summed E-state index contributed by atoms with van der Waals surface area (Å²) in [5.74, 6) is -0.198. The van der Waals surface area contributed by atoms with Gasteiger partial charge in [-0.1, -0.05) is 5.11 Å². The van der Waals surface area contributed by atoms with E-state index in [2.05, 4.69) is 19.5 Å². The van der Waals surface area contributed by atoms with Gasteiger partial charge >= 0.3 is 13.9 Å². The Bertz CT molecular complexity index is 758. The summed E-state index contributed by atoms with van der Waals surface area (Å²) in [6.07, 6.45) is -4.71. The van der Waals surface area contributed by atoms with E-state index in [1.54, 1.807) is 5.48 Å². The molecule has 0 saturated carbocycles. The molecule has 1 unspecified atom stereocenters. The second kappa shape index (κ2) is 7.80. The van der Waals surface area contributed by atoms with Gasteiger partial charge in [0, 0.05) is 15.7 Å². The van der Waals surface area contributed by atoms with Gasteiger partial charge in [-0.05, 0) is 11.6 Å². The number of hydrogen-bond donors (Lipinski definition) is 4. The summed E-state index contributed by atoms with van der Waals surface area (Å²) in [4.78, 5) is 26.5. The van der Waals surface area contributed by atoms with Crippen molar-refractivity contribution in [2.75, 3.05) is 18.6 Å². The van der Waals surface area contributed by atoms with E-state index in [1.807, 2.05) is 0 Å². The monoisotopic (exact) mass is 379 g/mol. The fourth-order valence-corrected chi connectivity index (χ4v) is 2.64. The highest BCUT2D eigenvalue weighted by Crippen LogP contribution is 2.40. The second-order valence-corrected chi connectivity index (χ2v) is 5.71. The molecule has 0 aliphatic carbocycles. The molecule has 0 bridgehead atoms. The van der Waals surface area contributed by atoms with Crippen LogP contribution in [-0.4, -0.2) is 55.8 Å². The molecule has 1 aromatic rings. The van der Waals surface area contributed by atoms with Crippen LogP contribution in [0.25, 0.3) is 10.4 Å². The maximum Gasteiger partial charge on any atom is 0.694 e. The Morgan fingerprint density at radius 2 is 2.40 bits per heavy atom. The Balaban J connectivity index is 2.37. The highest BCUT2D eigenvalue weighted by Gasteiger charge is 2.57. The van der Waals surface area contributed by atoms with E-state index in [0.29, 0.717) is 4.57 Å². The summed E-state index contributed by atoms with van der Waals surface area (Å²) in [6.45, 7) is -1.39. The first-order chi connectivity index (χ1) is 11.8. The molecule has 4 N–H and O–H groups in total. The van der Waals surface area contributed by atoms with E-state index in [0.717, 1.165) is 12.3 Å². The van der Waals surface area contributed by atoms with Gasteiger partial charge in [0.25, 0.3) is 0 Å². The summed E-state index contributed by atoms with van der Waals surface area (Å²) >= 11 is 0. The Hall–Kier alpha value is -2.18. The third kappa shape index (κ3) is 3.91. The number of rotatable bonds is 7. The molecule has 2 heterocycles. The first-order valence-corrected chi connectivity index (χ1v) is 7.77. The van der Waals surface area contributed by atoms with Gasteiger partial charge in [-0.15, -0.1) is 9.42 Å². The van der Waals surface area contributed by atoms with E-state index in [-0.39, 0.29) is 5.82 Å². The zero-order valence-corrected chi connectivity index (χ0v) is 13.2. The number of hydrogen-bond acceptors (Lipinski definition) is 9. The molecule has 0 aromatic carbocycles. The van der Waals surface area contributed by atoms with Crippen molar-refractivity contribution in [1.29, 1.82) is 0 Å². The molecule has 15 heteroatoms. The minimum Gasteiger partial charge on any atom is -0.387 e. The van der Waals surface area contributed by atoms with Crippen molar-refractivity contribution >= 4 is 14.1 Å². The van der Waals surface area contributed by atoms with E-state index >= 15 is 0 Å². The van der Waals surface area contributed by atoms with E-state index in [9.17, 15) is 18.9 Å². The molecule has 13 nitrogen and oxygen atoms in total. The van der Waals surface area contributed by atoms with Crippen molar-refractivity contribution in [3.8, 4) is 0 Å². The highest BCUT2D eigenvalue weighted by atomic mass is 31.1. The first-order valence-electron chi connectivity index (χ1n) is 6.64. The number of azide groups is 1. The largest absolute Gasteiger partial charge is 0.694 e. The molecular formula is C10H13FN6O7P+. The number of aromatic nitrogens is 2. The van der Waals surface area contributed by atoms with Gasteiger partial charge in [0.05, 0.1) is 6.54 Å². The van der Waals surface area contributed by atoms with Crippen LogP contribution in [0.15, 0.2) is 22.2 Å². The molecule has 1 aliphatic rings. The van der Waals surface area contributed by atoms with Crippen molar-refractivity contribution in [3.05, 3.63) is 33.2 Å². The minimum absolute atomic E-state index is 0.198. The zero-order chi connectivity index (χ0) is 18.6. The standard InChI is InChI=1S/C10H12FN6O7P/c11-6-7(18)10(3-13-16-12,4-23-25(21)22)24-8(6)17-2-1-5(15-20)14-9(17)19/h1-2,6-8,18H,3-4H2,(H2-,14,15,19,20,21,22)/p+1/t6-,7+,8-,10-/m1/s1. The molecule has 2 rings (SSSR count). The van der Waals surface area contributed by atoms with Crippen LogP contribution in [0.3, 0.4) is 0 Å². The van der Waals surface area contributed by atoms with Crippen LogP contribution in [0.5, 0.6) is 0 Å². The Morgan fingerprint density at radius 3 is 2.96 bits per heavy atom. The van der Waals surface area contributed by atoms with Crippen LogP contribution in [0.1, 0.15) is 6.23 Å². The lowest BCUT2D eigenvalue weighted by atomic mass is 9.97. The third-order valence-electron chi connectivity index (χ3n) is 3.51. The predicted octanol–water partition coefficient (Wildman–Crippen LogP) is -0.0124. The third-order valence-corrected chi connectivity index (χ3v) is 3.86. The van der Waals surface area contributed by atoms with Crippen LogP contribution in [-0.2, 0) is 13.8 Å². The topological polar surface area (TPSA) is 192 Å². The molecule has 1 fully saturated rings. The molecule has 1 saturated heterocycles. The van der Waals surface area contributed by atoms with Crippen LogP contribution >= 0.6 is 8.25 Å². The highest BCUT2D eigenvalue weighted by molar-refractivity contribution is 7.32. The fourth-order valence-electron chi connectivity index (χ4n) is 2.31. The van der Waals surface area contributed by atoms with Gasteiger partial charge in [0.1, 0.15) is 18.3 Å². The maximum atomic E-state index is 14.5. The van der Waals surface area contributed by atoms with Gasteiger partial charge in [-0.25, -0.2) is 9.18 Å². The van der Waals surface area contributed by atoms with Crippen molar-refractivity contribution in [2.45, 2.75) is 24.1 Å². The number of nitrogens with zero attached hydrogens (tertiary/aromatic N) is 5. The normalized spacial score (nSPS) is 29.1. The first kappa shape index (κ1) is 19.1. The number of aliphatic hydroxyl groups excluding tert-OH is 1. The number of halogens is 1. The number of aliphatic hydroxyl groups is 1. The van der Waals surface area contributed by atoms with Crippen molar-refractivity contribution in [1.82, 2.24) is 9.55 Å². The average Bonchev–Trinajstić information content (AvgIpc) is 2.83. The molecule has 1 aliphatic heterocycles. The smallest absolute Gasteiger partial charge is 0.387 e. The van der Waals surface area contributed by atoms with Crippen LogP contribution in [0.2, 0.25) is 0 Å². The maximum absolute atomic E-state index is 14.5. The van der Waals surface area contributed by atoms with Crippen molar-refractivity contribution < 1.29 is 33.4 Å². The fraction of sp³-hybridized carbons (Fsp3) is 0.600. The Kier molecular flexibility index (Phi) is 5.98. The summed E-state index contributed by atoms with van der Waals surface area (Å²) in [7, 11) is -3.09. The SMILES string of the molecule is [N-]=[N+]=NC[C@]1(CO[P+](=O)O)O[C@@H](n2ccc(NO)nc2=O)[C@H](F)[C@@H]1O. The van der Waals surface area contributed by atoms with Gasteiger partial charge in [0.15, 0.2) is 18.2 Å². The Morgan fingerprint density at radius 1 is 1.68 bits per heavy atom. The number of ether oxygens (including phenoxy) is 1. The van der Waals surface area contributed by atoms with Gasteiger partial charge in [-0.3, -0.25) is 15.3 Å². The van der Waals surface area contributed by atoms with Crippen LogP contribution in [0.4, 0.5) is 10.2 Å². The quantitative estimate of drug-likeness (QED) is 0.166. The van der Waals surface area contributed by atoms with Crippen molar-refractivity contribution in [2.24, 2.45) is 5.11 Å². The lowest BCUT2D eigenvalue weighted by molar-refractivity contribution is -0.117. The van der Waals surface area contributed by atoms with E-state index in [4.69, 9.17) is 20.4 Å². The minimum atomic E-state index is -3.09. The summed E-state index contributed by atoms with van der Waals surface area (Å²) in [5, 5.41) is 22.0. The van der Waals surface area contributed by atoms with Gasteiger partial charge in [-0.2, -0.15) is 4.98 Å². The lowest BCUT2D eigenvalue weighted by Crippen LogP contribution is -2.48. The van der Waals surface area contributed by atoms with Gasteiger partial charge < -0.3 is 9.84 Å². The molecule has 136 valence electrons. The number of anilines is 1. The molecular weight excluding hydrogens is 366 g/mol. The predicted molar refractivity (Wildman–Crippen MR) is 77.5 cm³/mol. The summed E-state index contributed by atoms with van der Waals surface area (Å²) < 4.78 is 35.8. The molecule has 25 heavy (non-hydrogen) atoms. The van der Waals surface area contributed by atoms with E-state index < -0.39 is 51.2 Å². The number of alkyl halides is 1. The summed E-state index contributed by atoms with van der Waals surface area (Å²) in [5.41, 5.74) is 7.08. The second-order valence-electron chi connectivity index (χ2n) is 4.98. The molecule has 1 aromatic heterocycles. The van der Waals surface area contributed by atoms with Crippen LogP contribution in [0, 0.1) is 0 Å².